The molecule has 3 unspecified atom stereocenters. The fraction of sp³-hybridized carbons (Fsp3) is 0.355. The van der Waals surface area contributed by atoms with Gasteiger partial charge >= 0.3 is 0 Å². The molecule has 4 rings (SSSR count). The van der Waals surface area contributed by atoms with Crippen LogP contribution in [0.3, 0.4) is 0 Å². The van der Waals surface area contributed by atoms with Gasteiger partial charge in [0.05, 0.1) is 37.9 Å². The van der Waals surface area contributed by atoms with E-state index in [-0.39, 0.29) is 43.4 Å². The normalized spacial score (nSPS) is 17.3. The van der Waals surface area contributed by atoms with Crippen LogP contribution in [0.25, 0.3) is 0 Å². The molecule has 0 spiro atoms. The average Bonchev–Trinajstić information content (AvgIpc) is 2.98. The monoisotopic (exact) mass is 567 g/mol. The summed E-state index contributed by atoms with van der Waals surface area (Å²) in [5, 5.41) is 13.5. The molecule has 1 fully saturated rings. The van der Waals surface area contributed by atoms with E-state index >= 15 is 0 Å². The lowest BCUT2D eigenvalue weighted by molar-refractivity contribution is -0.131. The second-order valence-corrected chi connectivity index (χ2v) is 9.86. The van der Waals surface area contributed by atoms with Crippen molar-refractivity contribution in [2.75, 3.05) is 37.9 Å². The number of aliphatic hydroxyl groups is 1. The summed E-state index contributed by atoms with van der Waals surface area (Å²) in [6.07, 6.45) is -0.143. The third-order valence-electron chi connectivity index (χ3n) is 6.97. The number of hydrogen-bond donors (Lipinski definition) is 3. The largest absolute Gasteiger partial charge is 0.388 e. The molecular weight excluding hydrogens is 532 g/mol. The Balaban J connectivity index is 1.42. The Morgan fingerprint density at radius 3 is 2.37 bits per heavy atom. The zero-order valence-electron chi connectivity index (χ0n) is 22.7. The molecular formula is C31H35F2N3O5. The third-order valence-corrected chi connectivity index (χ3v) is 6.97. The number of β-lactam (4-membered cyclic amide) rings is 1. The number of carbonyl (C=O) groups is 2. The van der Waals surface area contributed by atoms with Gasteiger partial charge in [-0.15, -0.1) is 0 Å². The highest BCUT2D eigenvalue weighted by molar-refractivity contribution is 6.03. The molecule has 3 aromatic rings. The Morgan fingerprint density at radius 1 is 0.976 bits per heavy atom. The minimum absolute atomic E-state index is 0.0976. The SMILES string of the molecule is NCCOCCOCC(=O)NCc1cccc(C2C(CCC(O)c3ccc(F)cc3)C(=O)N2c2ccc(F)cc2)c1. The molecule has 218 valence electrons. The van der Waals surface area contributed by atoms with Crippen molar-refractivity contribution in [3.05, 3.63) is 101 Å². The van der Waals surface area contributed by atoms with Gasteiger partial charge in [0.1, 0.15) is 18.2 Å². The van der Waals surface area contributed by atoms with Crippen LogP contribution >= 0.6 is 0 Å². The molecule has 0 aliphatic carbocycles. The summed E-state index contributed by atoms with van der Waals surface area (Å²) in [4.78, 5) is 27.2. The van der Waals surface area contributed by atoms with E-state index < -0.39 is 17.8 Å². The van der Waals surface area contributed by atoms with E-state index in [1.54, 1.807) is 17.0 Å². The van der Waals surface area contributed by atoms with Crippen molar-refractivity contribution in [1.82, 2.24) is 5.32 Å². The number of carbonyl (C=O) groups excluding carboxylic acids is 2. The predicted octanol–water partition coefficient (Wildman–Crippen LogP) is 3.79. The highest BCUT2D eigenvalue weighted by Gasteiger charge is 2.48. The Labute approximate surface area is 238 Å². The van der Waals surface area contributed by atoms with Crippen molar-refractivity contribution in [1.29, 1.82) is 0 Å². The van der Waals surface area contributed by atoms with Crippen LogP contribution in [-0.2, 0) is 25.6 Å². The van der Waals surface area contributed by atoms with Gasteiger partial charge < -0.3 is 30.5 Å². The zero-order chi connectivity index (χ0) is 29.2. The summed E-state index contributed by atoms with van der Waals surface area (Å²) in [5.74, 6) is -1.61. The van der Waals surface area contributed by atoms with Gasteiger partial charge in [-0.1, -0.05) is 36.4 Å². The summed E-state index contributed by atoms with van der Waals surface area (Å²) in [7, 11) is 0. The molecule has 0 aromatic heterocycles. The van der Waals surface area contributed by atoms with Crippen LogP contribution in [0.2, 0.25) is 0 Å². The standard InChI is InChI=1S/C31H35F2N3O5/c32-24-6-4-22(5-7-24)28(37)13-12-27-30(36(31(27)39)26-10-8-25(33)9-11-26)23-3-1-2-21(18-23)19-35-29(38)20-41-17-16-40-15-14-34/h1-11,18,27-28,30,37H,12-17,19-20,34H2,(H,35,38). The van der Waals surface area contributed by atoms with E-state index in [0.29, 0.717) is 43.9 Å². The number of nitrogens with two attached hydrogens (primary N) is 1. The zero-order valence-corrected chi connectivity index (χ0v) is 22.7. The van der Waals surface area contributed by atoms with Crippen molar-refractivity contribution in [3.8, 4) is 0 Å². The Hall–Kier alpha value is -3.70. The summed E-state index contributed by atoms with van der Waals surface area (Å²) < 4.78 is 37.4. The van der Waals surface area contributed by atoms with Crippen LogP contribution in [0.4, 0.5) is 14.5 Å². The van der Waals surface area contributed by atoms with Crippen LogP contribution < -0.4 is 16.0 Å². The molecule has 1 aliphatic heterocycles. The lowest BCUT2D eigenvalue weighted by Gasteiger charge is -2.48. The van der Waals surface area contributed by atoms with Gasteiger partial charge in [-0.3, -0.25) is 9.59 Å². The smallest absolute Gasteiger partial charge is 0.246 e. The minimum atomic E-state index is -0.847. The molecule has 2 amide bonds. The van der Waals surface area contributed by atoms with Crippen molar-refractivity contribution < 1.29 is 33.0 Å². The molecule has 41 heavy (non-hydrogen) atoms. The maximum atomic E-state index is 13.6. The first-order valence-corrected chi connectivity index (χ1v) is 13.6. The predicted molar refractivity (Wildman–Crippen MR) is 150 cm³/mol. The lowest BCUT2D eigenvalue weighted by atomic mass is 9.78. The number of anilines is 1. The van der Waals surface area contributed by atoms with E-state index in [2.05, 4.69) is 5.32 Å². The Kier molecular flexibility index (Phi) is 10.9. The number of benzene rings is 3. The molecule has 1 heterocycles. The number of rotatable bonds is 15. The number of ether oxygens (including phenoxy) is 2. The van der Waals surface area contributed by atoms with Crippen LogP contribution in [0.5, 0.6) is 0 Å². The summed E-state index contributed by atoms with van der Waals surface area (Å²) >= 11 is 0. The molecule has 0 bridgehead atoms. The van der Waals surface area contributed by atoms with Gasteiger partial charge in [0, 0.05) is 18.8 Å². The van der Waals surface area contributed by atoms with Gasteiger partial charge in [-0.25, -0.2) is 8.78 Å². The summed E-state index contributed by atoms with van der Waals surface area (Å²) in [5.41, 5.74) is 8.20. The number of aliphatic hydroxyl groups excluding tert-OH is 1. The van der Waals surface area contributed by atoms with Crippen molar-refractivity contribution in [2.24, 2.45) is 11.7 Å². The number of nitrogens with one attached hydrogen (secondary N) is 1. The van der Waals surface area contributed by atoms with Gasteiger partial charge in [0.15, 0.2) is 0 Å². The third kappa shape index (κ3) is 8.17. The van der Waals surface area contributed by atoms with Crippen molar-refractivity contribution in [3.63, 3.8) is 0 Å². The van der Waals surface area contributed by atoms with Crippen LogP contribution in [0.15, 0.2) is 72.8 Å². The van der Waals surface area contributed by atoms with Gasteiger partial charge in [-0.05, 0) is 65.9 Å². The molecule has 3 atom stereocenters. The average molecular weight is 568 g/mol. The first kappa shape index (κ1) is 30.3. The summed E-state index contributed by atoms with van der Waals surface area (Å²) in [6.45, 7) is 1.68. The molecule has 3 aromatic carbocycles. The van der Waals surface area contributed by atoms with Gasteiger partial charge in [0.25, 0.3) is 0 Å². The molecule has 0 saturated carbocycles. The highest BCUT2D eigenvalue weighted by atomic mass is 19.1. The van der Waals surface area contributed by atoms with E-state index in [9.17, 15) is 23.5 Å². The Morgan fingerprint density at radius 2 is 1.66 bits per heavy atom. The molecule has 8 nitrogen and oxygen atoms in total. The summed E-state index contributed by atoms with van der Waals surface area (Å²) in [6, 6.07) is 18.6. The molecule has 10 heteroatoms. The first-order valence-electron chi connectivity index (χ1n) is 13.6. The number of amides is 2. The van der Waals surface area contributed by atoms with Crippen LogP contribution in [0.1, 0.15) is 41.7 Å². The van der Waals surface area contributed by atoms with Crippen molar-refractivity contribution in [2.45, 2.75) is 31.5 Å². The molecule has 1 aliphatic rings. The second kappa shape index (κ2) is 14.8. The molecule has 1 saturated heterocycles. The first-order chi connectivity index (χ1) is 19.9. The number of halogens is 2. The van der Waals surface area contributed by atoms with E-state index in [1.807, 2.05) is 24.3 Å². The quantitative estimate of drug-likeness (QED) is 0.190. The maximum Gasteiger partial charge on any atom is 0.246 e. The fourth-order valence-corrected chi connectivity index (χ4v) is 4.90. The lowest BCUT2D eigenvalue weighted by Crippen LogP contribution is -2.55. The van der Waals surface area contributed by atoms with E-state index in [1.165, 1.54) is 36.4 Å². The van der Waals surface area contributed by atoms with Crippen molar-refractivity contribution >= 4 is 17.5 Å². The highest BCUT2D eigenvalue weighted by Crippen LogP contribution is 2.46. The fourth-order valence-electron chi connectivity index (χ4n) is 4.90. The molecule has 0 radical (unpaired) electrons. The van der Waals surface area contributed by atoms with E-state index in [4.69, 9.17) is 15.2 Å². The number of hydrogen-bond acceptors (Lipinski definition) is 6. The van der Waals surface area contributed by atoms with E-state index in [0.717, 1.165) is 11.1 Å². The number of nitrogens with zero attached hydrogens (tertiary/aromatic N) is 1. The van der Waals surface area contributed by atoms with Gasteiger partial charge in [-0.2, -0.15) is 0 Å². The molecule has 4 N–H and O–H groups in total. The Bertz CT molecular complexity index is 1290. The maximum absolute atomic E-state index is 13.6. The van der Waals surface area contributed by atoms with Crippen LogP contribution in [0, 0.1) is 17.6 Å². The topological polar surface area (TPSA) is 114 Å². The van der Waals surface area contributed by atoms with Gasteiger partial charge in [0.2, 0.25) is 11.8 Å². The minimum Gasteiger partial charge on any atom is -0.388 e. The van der Waals surface area contributed by atoms with Crippen LogP contribution in [-0.4, -0.2) is 49.9 Å². The second-order valence-electron chi connectivity index (χ2n) is 9.86.